The minimum Gasteiger partial charge on any atom is -0.360 e. The third-order valence-corrected chi connectivity index (χ3v) is 5.40. The summed E-state index contributed by atoms with van der Waals surface area (Å²) in [6.45, 7) is 5.44. The second-order valence-electron chi connectivity index (χ2n) is 5.50. The minimum absolute atomic E-state index is 0.306. The number of benzene rings is 1. The number of thiophene rings is 1. The zero-order valence-corrected chi connectivity index (χ0v) is 15.4. The first-order valence-electron chi connectivity index (χ1n) is 7.46. The molecular weight excluding hydrogens is 358 g/mol. The average molecular weight is 372 g/mol. The van der Waals surface area contributed by atoms with Crippen molar-refractivity contribution in [1.82, 2.24) is 5.16 Å². The molecule has 25 heavy (non-hydrogen) atoms. The molecule has 3 aromatic rings. The standard InChI is InChI=1S/C18H14ClN3O2S/c1-9-11(3)25-18(13(9)8-20)21-17(23)15-10(2)24-22-16(15)12-6-4-5-7-14(12)19/h4-7H,1-3H3,(H,21,23). The quantitative estimate of drug-likeness (QED) is 0.694. The Kier molecular flexibility index (Phi) is 4.62. The molecule has 2 heterocycles. The summed E-state index contributed by atoms with van der Waals surface area (Å²) < 4.78 is 5.22. The molecule has 1 N–H and O–H groups in total. The fourth-order valence-electron chi connectivity index (χ4n) is 2.49. The first kappa shape index (κ1) is 17.2. The van der Waals surface area contributed by atoms with Crippen LogP contribution >= 0.6 is 22.9 Å². The predicted molar refractivity (Wildman–Crippen MR) is 98.1 cm³/mol. The number of anilines is 1. The number of nitriles is 1. The van der Waals surface area contributed by atoms with Gasteiger partial charge >= 0.3 is 0 Å². The molecule has 3 rings (SSSR count). The highest BCUT2D eigenvalue weighted by molar-refractivity contribution is 7.16. The van der Waals surface area contributed by atoms with Crippen LogP contribution in [0.3, 0.4) is 0 Å². The second-order valence-corrected chi connectivity index (χ2v) is 7.13. The predicted octanol–water partition coefficient (Wildman–Crippen LogP) is 5.11. The monoisotopic (exact) mass is 371 g/mol. The summed E-state index contributed by atoms with van der Waals surface area (Å²) in [4.78, 5) is 13.8. The van der Waals surface area contributed by atoms with Crippen LogP contribution in [0.5, 0.6) is 0 Å². The Morgan fingerprint density at radius 1 is 1.32 bits per heavy atom. The van der Waals surface area contributed by atoms with Crippen molar-refractivity contribution < 1.29 is 9.32 Å². The number of rotatable bonds is 3. The van der Waals surface area contributed by atoms with Gasteiger partial charge in [-0.25, -0.2) is 0 Å². The van der Waals surface area contributed by atoms with Gasteiger partial charge in [-0.05, 0) is 32.4 Å². The summed E-state index contributed by atoms with van der Waals surface area (Å²) in [6, 6.07) is 9.25. The Bertz CT molecular complexity index is 1010. The van der Waals surface area contributed by atoms with E-state index in [0.29, 0.717) is 38.2 Å². The van der Waals surface area contributed by atoms with E-state index in [1.807, 2.05) is 19.9 Å². The molecule has 0 saturated carbocycles. The molecule has 0 aliphatic rings. The van der Waals surface area contributed by atoms with E-state index in [0.717, 1.165) is 10.4 Å². The number of carbonyl (C=O) groups excluding carboxylic acids is 1. The van der Waals surface area contributed by atoms with Gasteiger partial charge in [0.15, 0.2) is 0 Å². The largest absolute Gasteiger partial charge is 0.360 e. The van der Waals surface area contributed by atoms with Gasteiger partial charge < -0.3 is 9.84 Å². The number of nitrogens with one attached hydrogen (secondary N) is 1. The van der Waals surface area contributed by atoms with Gasteiger partial charge in [-0.15, -0.1) is 11.3 Å². The molecule has 126 valence electrons. The van der Waals surface area contributed by atoms with Gasteiger partial charge in [0, 0.05) is 10.4 Å². The van der Waals surface area contributed by atoms with E-state index < -0.39 is 0 Å². The number of halogens is 1. The molecule has 0 fully saturated rings. The summed E-state index contributed by atoms with van der Waals surface area (Å²) in [5.41, 5.74) is 2.65. The number of aromatic nitrogens is 1. The number of nitrogens with zero attached hydrogens (tertiary/aromatic N) is 2. The Hall–Kier alpha value is -2.62. The second kappa shape index (κ2) is 6.71. The molecule has 5 nitrogen and oxygen atoms in total. The minimum atomic E-state index is -0.383. The maximum Gasteiger partial charge on any atom is 0.262 e. The molecule has 0 spiro atoms. The molecule has 0 radical (unpaired) electrons. The Labute approximate surface area is 153 Å². The molecule has 0 bridgehead atoms. The van der Waals surface area contributed by atoms with Crippen molar-refractivity contribution in [2.45, 2.75) is 20.8 Å². The first-order valence-corrected chi connectivity index (χ1v) is 8.66. The maximum atomic E-state index is 12.8. The molecule has 0 atom stereocenters. The number of aryl methyl sites for hydroxylation is 2. The molecule has 2 aromatic heterocycles. The lowest BCUT2D eigenvalue weighted by molar-refractivity contribution is 0.102. The topological polar surface area (TPSA) is 78.9 Å². The summed E-state index contributed by atoms with van der Waals surface area (Å²) >= 11 is 7.59. The van der Waals surface area contributed by atoms with Crippen LogP contribution in [0.1, 0.15) is 32.1 Å². The van der Waals surface area contributed by atoms with Crippen LogP contribution < -0.4 is 5.32 Å². The number of hydrogen-bond acceptors (Lipinski definition) is 5. The van der Waals surface area contributed by atoms with Crippen molar-refractivity contribution in [3.8, 4) is 17.3 Å². The van der Waals surface area contributed by atoms with E-state index in [1.165, 1.54) is 11.3 Å². The highest BCUT2D eigenvalue weighted by Gasteiger charge is 2.24. The van der Waals surface area contributed by atoms with Gasteiger partial charge in [-0.3, -0.25) is 4.79 Å². The highest BCUT2D eigenvalue weighted by atomic mass is 35.5. The lowest BCUT2D eigenvalue weighted by Crippen LogP contribution is -2.13. The van der Waals surface area contributed by atoms with Crippen LogP contribution in [0.4, 0.5) is 5.00 Å². The lowest BCUT2D eigenvalue weighted by Gasteiger charge is -2.05. The fraction of sp³-hybridized carbons (Fsp3) is 0.167. The van der Waals surface area contributed by atoms with Crippen LogP contribution in [0.25, 0.3) is 11.3 Å². The molecule has 7 heteroatoms. The van der Waals surface area contributed by atoms with Crippen molar-refractivity contribution >= 4 is 33.8 Å². The fourth-order valence-corrected chi connectivity index (χ4v) is 3.72. The normalized spacial score (nSPS) is 10.5. The van der Waals surface area contributed by atoms with Crippen LogP contribution in [0.2, 0.25) is 5.02 Å². The van der Waals surface area contributed by atoms with E-state index in [-0.39, 0.29) is 5.91 Å². The zero-order valence-electron chi connectivity index (χ0n) is 13.8. The third-order valence-electron chi connectivity index (χ3n) is 3.94. The van der Waals surface area contributed by atoms with Crippen molar-refractivity contribution in [3.63, 3.8) is 0 Å². The number of carbonyl (C=O) groups is 1. The molecule has 1 aromatic carbocycles. The molecule has 0 aliphatic heterocycles. The average Bonchev–Trinajstić information content (AvgIpc) is 3.08. The smallest absolute Gasteiger partial charge is 0.262 e. The lowest BCUT2D eigenvalue weighted by atomic mass is 10.1. The van der Waals surface area contributed by atoms with E-state index in [2.05, 4.69) is 16.5 Å². The van der Waals surface area contributed by atoms with Crippen molar-refractivity contribution in [3.05, 3.63) is 56.6 Å². The van der Waals surface area contributed by atoms with Crippen LogP contribution in [-0.4, -0.2) is 11.1 Å². The van der Waals surface area contributed by atoms with Gasteiger partial charge in [0.25, 0.3) is 5.91 Å². The Balaban J connectivity index is 2.03. The van der Waals surface area contributed by atoms with Gasteiger partial charge in [-0.2, -0.15) is 5.26 Å². The van der Waals surface area contributed by atoms with Crippen LogP contribution in [-0.2, 0) is 0 Å². The van der Waals surface area contributed by atoms with Gasteiger partial charge in [0.1, 0.15) is 28.1 Å². The Morgan fingerprint density at radius 3 is 2.72 bits per heavy atom. The number of amides is 1. The van der Waals surface area contributed by atoms with Gasteiger partial charge in [0.05, 0.1) is 10.6 Å². The summed E-state index contributed by atoms with van der Waals surface area (Å²) in [7, 11) is 0. The first-order chi connectivity index (χ1) is 11.9. The van der Waals surface area contributed by atoms with E-state index in [4.69, 9.17) is 16.1 Å². The zero-order chi connectivity index (χ0) is 18.1. The van der Waals surface area contributed by atoms with Crippen LogP contribution in [0.15, 0.2) is 28.8 Å². The Morgan fingerprint density at radius 2 is 2.04 bits per heavy atom. The highest BCUT2D eigenvalue weighted by Crippen LogP contribution is 2.34. The van der Waals surface area contributed by atoms with E-state index in [1.54, 1.807) is 25.1 Å². The van der Waals surface area contributed by atoms with Crippen molar-refractivity contribution in [2.75, 3.05) is 5.32 Å². The van der Waals surface area contributed by atoms with E-state index >= 15 is 0 Å². The summed E-state index contributed by atoms with van der Waals surface area (Å²) in [5, 5.41) is 17.1. The summed E-state index contributed by atoms with van der Waals surface area (Å²) in [5.74, 6) is 0.00217. The van der Waals surface area contributed by atoms with Gasteiger partial charge in [0.2, 0.25) is 0 Å². The summed E-state index contributed by atoms with van der Waals surface area (Å²) in [6.07, 6.45) is 0. The van der Waals surface area contributed by atoms with Crippen LogP contribution in [0, 0.1) is 32.1 Å². The maximum absolute atomic E-state index is 12.8. The molecule has 0 aliphatic carbocycles. The molecule has 0 saturated heterocycles. The third kappa shape index (κ3) is 3.04. The van der Waals surface area contributed by atoms with Crippen molar-refractivity contribution in [2.24, 2.45) is 0 Å². The number of hydrogen-bond donors (Lipinski definition) is 1. The van der Waals surface area contributed by atoms with Gasteiger partial charge in [-0.1, -0.05) is 35.0 Å². The van der Waals surface area contributed by atoms with E-state index in [9.17, 15) is 10.1 Å². The molecule has 0 unspecified atom stereocenters. The molecular formula is C18H14ClN3O2S. The van der Waals surface area contributed by atoms with Crippen molar-refractivity contribution in [1.29, 1.82) is 5.26 Å². The molecule has 1 amide bonds. The SMILES string of the molecule is Cc1onc(-c2ccccc2Cl)c1C(=O)Nc1sc(C)c(C)c1C#N.